The highest BCUT2D eigenvalue weighted by Gasteiger charge is 2.19. The third-order valence-corrected chi connectivity index (χ3v) is 2.90. The SMILES string of the molecule is CCCCCCCCCCC(=O)OP(=O)(O)O. The molecule has 0 aromatic heterocycles. The maximum Gasteiger partial charge on any atom is 0.526 e. The van der Waals surface area contributed by atoms with E-state index in [2.05, 4.69) is 11.4 Å². The van der Waals surface area contributed by atoms with Gasteiger partial charge in [-0.25, -0.2) is 4.57 Å². The van der Waals surface area contributed by atoms with Crippen LogP contribution in [0.25, 0.3) is 0 Å². The van der Waals surface area contributed by atoms with E-state index in [0.717, 1.165) is 19.3 Å². The van der Waals surface area contributed by atoms with Gasteiger partial charge in [-0.2, -0.15) is 0 Å². The molecule has 0 fully saturated rings. The van der Waals surface area contributed by atoms with Crippen molar-refractivity contribution in [2.24, 2.45) is 0 Å². The van der Waals surface area contributed by atoms with Gasteiger partial charge < -0.3 is 4.52 Å². The van der Waals surface area contributed by atoms with Gasteiger partial charge in [0.15, 0.2) is 0 Å². The summed E-state index contributed by atoms with van der Waals surface area (Å²) in [5.41, 5.74) is 0. The first-order valence-corrected chi connectivity index (χ1v) is 7.76. The summed E-state index contributed by atoms with van der Waals surface area (Å²) in [5.74, 6) is -0.815. The van der Waals surface area contributed by atoms with E-state index in [1.807, 2.05) is 0 Å². The standard InChI is InChI=1S/C11H23O5P/c1-2-3-4-5-6-7-8-9-10-11(12)16-17(13,14)15/h2-10H2,1H3,(H2,13,14,15). The minimum absolute atomic E-state index is 0.0834. The van der Waals surface area contributed by atoms with Crippen molar-refractivity contribution in [3.8, 4) is 0 Å². The number of rotatable bonds is 10. The van der Waals surface area contributed by atoms with E-state index >= 15 is 0 Å². The summed E-state index contributed by atoms with van der Waals surface area (Å²) in [5, 5.41) is 0. The van der Waals surface area contributed by atoms with Gasteiger partial charge in [0, 0.05) is 6.42 Å². The van der Waals surface area contributed by atoms with Crippen molar-refractivity contribution in [3.63, 3.8) is 0 Å². The van der Waals surface area contributed by atoms with Gasteiger partial charge in [0.25, 0.3) is 0 Å². The van der Waals surface area contributed by atoms with E-state index in [1.165, 1.54) is 25.7 Å². The minimum Gasteiger partial charge on any atom is -0.371 e. The molecule has 17 heavy (non-hydrogen) atoms. The summed E-state index contributed by atoms with van der Waals surface area (Å²) >= 11 is 0. The van der Waals surface area contributed by atoms with Crippen molar-refractivity contribution < 1.29 is 23.7 Å². The molecule has 6 heteroatoms. The smallest absolute Gasteiger partial charge is 0.371 e. The van der Waals surface area contributed by atoms with E-state index in [0.29, 0.717) is 6.42 Å². The lowest BCUT2D eigenvalue weighted by molar-refractivity contribution is -0.135. The Morgan fingerprint density at radius 3 is 1.94 bits per heavy atom. The van der Waals surface area contributed by atoms with Crippen LogP contribution in [0.3, 0.4) is 0 Å². The average molecular weight is 266 g/mol. The molecular formula is C11H23O5P. The zero-order valence-corrected chi connectivity index (χ0v) is 11.3. The Kier molecular flexibility index (Phi) is 9.41. The Hall–Kier alpha value is -0.380. The fraction of sp³-hybridized carbons (Fsp3) is 0.909. The summed E-state index contributed by atoms with van der Waals surface area (Å²) in [4.78, 5) is 27.7. The number of carbonyl (C=O) groups excluding carboxylic acids is 1. The fourth-order valence-electron chi connectivity index (χ4n) is 1.58. The quantitative estimate of drug-likeness (QED) is 0.468. The maximum atomic E-state index is 10.9. The second kappa shape index (κ2) is 9.63. The van der Waals surface area contributed by atoms with Crippen LogP contribution < -0.4 is 0 Å². The molecule has 0 aliphatic rings. The third-order valence-electron chi connectivity index (χ3n) is 2.46. The Balaban J connectivity index is 3.28. The van der Waals surface area contributed by atoms with Crippen molar-refractivity contribution in [1.82, 2.24) is 0 Å². The second-order valence-electron chi connectivity index (χ2n) is 4.18. The van der Waals surface area contributed by atoms with Gasteiger partial charge in [0.1, 0.15) is 0 Å². The van der Waals surface area contributed by atoms with E-state index in [1.54, 1.807) is 0 Å². The highest BCUT2D eigenvalue weighted by atomic mass is 31.2. The Morgan fingerprint density at radius 1 is 1.00 bits per heavy atom. The monoisotopic (exact) mass is 266 g/mol. The number of unbranched alkanes of at least 4 members (excludes halogenated alkanes) is 7. The van der Waals surface area contributed by atoms with Crippen LogP contribution in [-0.4, -0.2) is 15.8 Å². The Bertz CT molecular complexity index is 248. The maximum absolute atomic E-state index is 10.9. The molecule has 0 unspecified atom stereocenters. The molecule has 0 bridgehead atoms. The number of hydrogen-bond acceptors (Lipinski definition) is 3. The lowest BCUT2D eigenvalue weighted by atomic mass is 10.1. The highest BCUT2D eigenvalue weighted by molar-refractivity contribution is 7.46. The molecule has 0 atom stereocenters. The lowest BCUT2D eigenvalue weighted by Gasteiger charge is -2.04. The van der Waals surface area contributed by atoms with Crippen molar-refractivity contribution >= 4 is 13.8 Å². The zero-order chi connectivity index (χ0) is 13.1. The van der Waals surface area contributed by atoms with Crippen molar-refractivity contribution in [3.05, 3.63) is 0 Å². The van der Waals surface area contributed by atoms with Crippen molar-refractivity contribution in [1.29, 1.82) is 0 Å². The predicted molar refractivity (Wildman–Crippen MR) is 65.4 cm³/mol. The van der Waals surface area contributed by atoms with E-state index in [9.17, 15) is 9.36 Å². The summed E-state index contributed by atoms with van der Waals surface area (Å²) in [6, 6.07) is 0. The van der Waals surface area contributed by atoms with Crippen LogP contribution in [0.2, 0.25) is 0 Å². The van der Waals surface area contributed by atoms with E-state index in [-0.39, 0.29) is 6.42 Å². The highest BCUT2D eigenvalue weighted by Crippen LogP contribution is 2.36. The van der Waals surface area contributed by atoms with Crippen molar-refractivity contribution in [2.75, 3.05) is 0 Å². The first kappa shape index (κ1) is 16.6. The lowest BCUT2D eigenvalue weighted by Crippen LogP contribution is -2.01. The topological polar surface area (TPSA) is 83.8 Å². The number of carbonyl (C=O) groups is 1. The molecule has 0 radical (unpaired) electrons. The molecule has 2 N–H and O–H groups in total. The average Bonchev–Trinajstić information content (AvgIpc) is 2.19. The molecule has 0 aliphatic heterocycles. The molecule has 0 spiro atoms. The van der Waals surface area contributed by atoms with Gasteiger partial charge in [-0.05, 0) is 6.42 Å². The summed E-state index contributed by atoms with van der Waals surface area (Å²) in [6.45, 7) is 2.17. The van der Waals surface area contributed by atoms with Crippen LogP contribution in [0.15, 0.2) is 0 Å². The van der Waals surface area contributed by atoms with Gasteiger partial charge in [-0.15, -0.1) is 0 Å². The van der Waals surface area contributed by atoms with Crippen LogP contribution in [0, 0.1) is 0 Å². The van der Waals surface area contributed by atoms with Crippen LogP contribution >= 0.6 is 7.82 Å². The van der Waals surface area contributed by atoms with Crippen molar-refractivity contribution in [2.45, 2.75) is 64.7 Å². The molecule has 0 saturated heterocycles. The summed E-state index contributed by atoms with van der Waals surface area (Å²) in [7, 11) is -4.65. The molecular weight excluding hydrogens is 243 g/mol. The zero-order valence-electron chi connectivity index (χ0n) is 10.4. The molecule has 0 amide bonds. The Labute approximate surface area is 103 Å². The third kappa shape index (κ3) is 13.6. The van der Waals surface area contributed by atoms with Crippen LogP contribution in [0.4, 0.5) is 0 Å². The van der Waals surface area contributed by atoms with Crippen LogP contribution in [0.1, 0.15) is 64.7 Å². The molecule has 102 valence electrons. The number of phosphoric ester groups is 1. The van der Waals surface area contributed by atoms with Gasteiger partial charge >= 0.3 is 13.8 Å². The predicted octanol–water partition coefficient (Wildman–Crippen LogP) is 3.15. The first-order chi connectivity index (χ1) is 7.95. The molecule has 0 aromatic rings. The van der Waals surface area contributed by atoms with E-state index in [4.69, 9.17) is 9.79 Å². The number of hydrogen-bond donors (Lipinski definition) is 2. The molecule has 0 saturated carbocycles. The molecule has 0 heterocycles. The van der Waals surface area contributed by atoms with Gasteiger partial charge in [-0.3, -0.25) is 14.6 Å². The normalized spacial score (nSPS) is 11.5. The number of phosphoric acid groups is 1. The molecule has 0 rings (SSSR count). The molecule has 5 nitrogen and oxygen atoms in total. The fourth-order valence-corrected chi connectivity index (χ4v) is 1.94. The van der Waals surface area contributed by atoms with Gasteiger partial charge in [0.2, 0.25) is 0 Å². The summed E-state index contributed by atoms with van der Waals surface area (Å²) < 4.78 is 14.3. The first-order valence-electron chi connectivity index (χ1n) is 6.23. The summed E-state index contributed by atoms with van der Waals surface area (Å²) in [6.07, 6.45) is 8.83. The van der Waals surface area contributed by atoms with Gasteiger partial charge in [0.05, 0.1) is 0 Å². The molecule has 0 aliphatic carbocycles. The largest absolute Gasteiger partial charge is 0.526 e. The Morgan fingerprint density at radius 2 is 1.47 bits per heavy atom. The van der Waals surface area contributed by atoms with Crippen LogP contribution in [-0.2, 0) is 13.9 Å². The van der Waals surface area contributed by atoms with E-state index < -0.39 is 13.8 Å². The van der Waals surface area contributed by atoms with Gasteiger partial charge in [-0.1, -0.05) is 51.9 Å². The van der Waals surface area contributed by atoms with Crippen LogP contribution in [0.5, 0.6) is 0 Å². The molecule has 0 aromatic carbocycles. The minimum atomic E-state index is -4.65. The second-order valence-corrected chi connectivity index (χ2v) is 5.34.